The largest absolute Gasteiger partial charge is 0.311 e. The summed E-state index contributed by atoms with van der Waals surface area (Å²) in [6.07, 6.45) is 5.03. The summed E-state index contributed by atoms with van der Waals surface area (Å²) in [7, 11) is 0. The zero-order valence-electron chi connectivity index (χ0n) is 10.2. The van der Waals surface area contributed by atoms with E-state index in [9.17, 15) is 4.39 Å². The standard InChI is InChI=1S/C15H20FN/c16-15(14-9-4-10-17-14)13-8-2-1-7-12(13)11-5-3-6-11/h1-2,7-8,11,14-15,17H,3-6,9-10H2. The minimum Gasteiger partial charge on any atom is -0.311 e. The maximum atomic E-state index is 14.6. The van der Waals surface area contributed by atoms with Crippen molar-refractivity contribution in [2.24, 2.45) is 0 Å². The normalized spacial score (nSPS) is 26.8. The van der Waals surface area contributed by atoms with Crippen molar-refractivity contribution in [1.29, 1.82) is 0 Å². The highest BCUT2D eigenvalue weighted by Crippen LogP contribution is 2.41. The van der Waals surface area contributed by atoms with Crippen molar-refractivity contribution < 1.29 is 4.39 Å². The summed E-state index contributed by atoms with van der Waals surface area (Å²) in [4.78, 5) is 0. The van der Waals surface area contributed by atoms with Crippen LogP contribution in [0.2, 0.25) is 0 Å². The smallest absolute Gasteiger partial charge is 0.141 e. The fourth-order valence-electron chi connectivity index (χ4n) is 3.03. The molecule has 0 bridgehead atoms. The second-order valence-electron chi connectivity index (χ2n) is 5.36. The Balaban J connectivity index is 1.84. The molecule has 2 heteroatoms. The Morgan fingerprint density at radius 3 is 2.59 bits per heavy atom. The van der Waals surface area contributed by atoms with E-state index in [2.05, 4.69) is 11.4 Å². The van der Waals surface area contributed by atoms with Crippen LogP contribution >= 0.6 is 0 Å². The van der Waals surface area contributed by atoms with Crippen LogP contribution in [0.15, 0.2) is 24.3 Å². The number of benzene rings is 1. The molecule has 1 aliphatic heterocycles. The number of nitrogens with one attached hydrogen (secondary N) is 1. The van der Waals surface area contributed by atoms with E-state index in [0.717, 1.165) is 24.9 Å². The zero-order chi connectivity index (χ0) is 11.7. The minimum atomic E-state index is -0.825. The number of hydrogen-bond donors (Lipinski definition) is 1. The van der Waals surface area contributed by atoms with E-state index in [1.165, 1.54) is 24.8 Å². The maximum Gasteiger partial charge on any atom is 0.141 e. The van der Waals surface area contributed by atoms with Crippen LogP contribution < -0.4 is 5.32 Å². The summed E-state index contributed by atoms with van der Waals surface area (Å²) in [5, 5.41) is 3.28. The van der Waals surface area contributed by atoms with E-state index in [4.69, 9.17) is 0 Å². The molecular formula is C15H20FN. The Morgan fingerprint density at radius 1 is 1.12 bits per heavy atom. The topological polar surface area (TPSA) is 12.0 Å². The minimum absolute atomic E-state index is 0.0382. The van der Waals surface area contributed by atoms with E-state index in [-0.39, 0.29) is 6.04 Å². The summed E-state index contributed by atoms with van der Waals surface area (Å²) in [5.74, 6) is 0.617. The van der Waals surface area contributed by atoms with Gasteiger partial charge in [0.2, 0.25) is 0 Å². The lowest BCUT2D eigenvalue weighted by Gasteiger charge is -2.30. The van der Waals surface area contributed by atoms with E-state index >= 15 is 0 Å². The predicted octanol–water partition coefficient (Wildman–Crippen LogP) is 3.72. The first kappa shape index (κ1) is 11.2. The van der Waals surface area contributed by atoms with Gasteiger partial charge in [0.1, 0.15) is 6.17 Å². The van der Waals surface area contributed by atoms with Crippen LogP contribution in [-0.4, -0.2) is 12.6 Å². The molecule has 17 heavy (non-hydrogen) atoms. The lowest BCUT2D eigenvalue weighted by Crippen LogP contribution is -2.27. The molecule has 0 radical (unpaired) electrons. The number of halogens is 1. The van der Waals surface area contributed by atoms with Gasteiger partial charge in [-0.05, 0) is 49.3 Å². The first-order valence-electron chi connectivity index (χ1n) is 6.82. The number of alkyl halides is 1. The van der Waals surface area contributed by atoms with E-state index in [0.29, 0.717) is 5.92 Å². The molecule has 1 saturated carbocycles. The summed E-state index contributed by atoms with van der Waals surface area (Å²) >= 11 is 0. The molecule has 0 amide bonds. The SMILES string of the molecule is FC(c1ccccc1C1CCC1)C1CCCN1. The van der Waals surface area contributed by atoms with Crippen LogP contribution in [0.4, 0.5) is 4.39 Å². The molecule has 1 heterocycles. The van der Waals surface area contributed by atoms with Gasteiger partial charge in [-0.2, -0.15) is 0 Å². The quantitative estimate of drug-likeness (QED) is 0.839. The molecule has 0 spiro atoms. The van der Waals surface area contributed by atoms with Gasteiger partial charge in [-0.15, -0.1) is 0 Å². The monoisotopic (exact) mass is 233 g/mol. The lowest BCUT2D eigenvalue weighted by molar-refractivity contribution is 0.266. The second kappa shape index (κ2) is 4.77. The Morgan fingerprint density at radius 2 is 1.94 bits per heavy atom. The van der Waals surface area contributed by atoms with Gasteiger partial charge in [0, 0.05) is 6.04 Å². The summed E-state index contributed by atoms with van der Waals surface area (Å²) in [6, 6.07) is 8.17. The molecule has 1 aromatic carbocycles. The van der Waals surface area contributed by atoms with Gasteiger partial charge in [0.05, 0.1) is 0 Å². The summed E-state index contributed by atoms with van der Waals surface area (Å²) in [5.41, 5.74) is 2.21. The van der Waals surface area contributed by atoms with E-state index < -0.39 is 6.17 Å². The molecule has 2 fully saturated rings. The average molecular weight is 233 g/mol. The average Bonchev–Trinajstić information content (AvgIpc) is 2.80. The summed E-state index contributed by atoms with van der Waals surface area (Å²) in [6.45, 7) is 0.969. The molecule has 2 atom stereocenters. The van der Waals surface area contributed by atoms with E-state index in [1.807, 2.05) is 18.2 Å². The molecule has 3 rings (SSSR count). The Hall–Kier alpha value is -0.890. The van der Waals surface area contributed by atoms with Gasteiger partial charge < -0.3 is 5.32 Å². The van der Waals surface area contributed by atoms with Gasteiger partial charge in [0.25, 0.3) is 0 Å². The van der Waals surface area contributed by atoms with Crippen molar-refractivity contribution in [2.45, 2.75) is 50.2 Å². The summed E-state index contributed by atoms with van der Waals surface area (Å²) < 4.78 is 14.6. The van der Waals surface area contributed by atoms with Crippen molar-refractivity contribution in [2.75, 3.05) is 6.54 Å². The highest BCUT2D eigenvalue weighted by atomic mass is 19.1. The third-order valence-electron chi connectivity index (χ3n) is 4.29. The maximum absolute atomic E-state index is 14.6. The fourth-order valence-corrected chi connectivity index (χ4v) is 3.03. The molecular weight excluding hydrogens is 213 g/mol. The molecule has 1 aromatic rings. The van der Waals surface area contributed by atoms with Crippen molar-refractivity contribution >= 4 is 0 Å². The molecule has 92 valence electrons. The third kappa shape index (κ3) is 2.11. The highest BCUT2D eigenvalue weighted by Gasteiger charge is 2.30. The van der Waals surface area contributed by atoms with Gasteiger partial charge in [0.15, 0.2) is 0 Å². The number of hydrogen-bond acceptors (Lipinski definition) is 1. The van der Waals surface area contributed by atoms with E-state index in [1.54, 1.807) is 0 Å². The molecule has 1 nitrogen and oxygen atoms in total. The van der Waals surface area contributed by atoms with Crippen molar-refractivity contribution in [1.82, 2.24) is 5.32 Å². The number of rotatable bonds is 3. The fraction of sp³-hybridized carbons (Fsp3) is 0.600. The van der Waals surface area contributed by atoms with Crippen LogP contribution in [0.25, 0.3) is 0 Å². The van der Waals surface area contributed by atoms with Crippen LogP contribution in [0.5, 0.6) is 0 Å². The molecule has 1 N–H and O–H groups in total. The van der Waals surface area contributed by atoms with Crippen LogP contribution in [0.3, 0.4) is 0 Å². The van der Waals surface area contributed by atoms with Crippen LogP contribution in [0, 0.1) is 0 Å². The van der Waals surface area contributed by atoms with Crippen molar-refractivity contribution in [3.63, 3.8) is 0 Å². The molecule has 0 aromatic heterocycles. The third-order valence-corrected chi connectivity index (χ3v) is 4.29. The Labute approximate surface area is 102 Å². The predicted molar refractivity (Wildman–Crippen MR) is 67.9 cm³/mol. The van der Waals surface area contributed by atoms with Crippen molar-refractivity contribution in [3.05, 3.63) is 35.4 Å². The van der Waals surface area contributed by atoms with Gasteiger partial charge in [-0.1, -0.05) is 30.7 Å². The van der Waals surface area contributed by atoms with Gasteiger partial charge in [-0.3, -0.25) is 0 Å². The van der Waals surface area contributed by atoms with Crippen LogP contribution in [0.1, 0.15) is 55.3 Å². The first-order chi connectivity index (χ1) is 8.36. The molecule has 1 aliphatic carbocycles. The second-order valence-corrected chi connectivity index (χ2v) is 5.36. The molecule has 2 aliphatic rings. The molecule has 1 saturated heterocycles. The zero-order valence-corrected chi connectivity index (χ0v) is 10.2. The lowest BCUT2D eigenvalue weighted by atomic mass is 9.77. The highest BCUT2D eigenvalue weighted by molar-refractivity contribution is 5.34. The van der Waals surface area contributed by atoms with Gasteiger partial charge in [-0.25, -0.2) is 4.39 Å². The van der Waals surface area contributed by atoms with Gasteiger partial charge >= 0.3 is 0 Å². The Kier molecular flexibility index (Phi) is 3.15. The van der Waals surface area contributed by atoms with Crippen molar-refractivity contribution in [3.8, 4) is 0 Å². The van der Waals surface area contributed by atoms with Crippen LogP contribution in [-0.2, 0) is 0 Å². The Bertz CT molecular complexity index is 380. The molecule has 2 unspecified atom stereocenters. The first-order valence-corrected chi connectivity index (χ1v) is 6.82.